The monoisotopic (exact) mass is 782 g/mol. The van der Waals surface area contributed by atoms with E-state index in [2.05, 4.69) is 5.32 Å². The van der Waals surface area contributed by atoms with Crippen LogP contribution in [-0.4, -0.2) is 96.1 Å². The van der Waals surface area contributed by atoms with E-state index in [1.165, 1.54) is 21.7 Å². The molecule has 0 heterocycles. The van der Waals surface area contributed by atoms with E-state index in [0.29, 0.717) is 13.0 Å². The minimum Gasteiger partial charge on any atom is -0.368 e. The number of hydrogen-bond donors (Lipinski definition) is 3. The first-order chi connectivity index (χ1) is 28.0. The summed E-state index contributed by atoms with van der Waals surface area (Å²) in [5, 5.41) is 4.97. The molecule has 0 unspecified atom stereocenters. The van der Waals surface area contributed by atoms with E-state index in [-0.39, 0.29) is 38.0 Å². The van der Waals surface area contributed by atoms with Gasteiger partial charge in [-0.05, 0) is 46.0 Å². The number of carbonyl (C=O) groups is 5. The van der Waals surface area contributed by atoms with Crippen molar-refractivity contribution in [3.63, 3.8) is 0 Å². The van der Waals surface area contributed by atoms with Gasteiger partial charge in [0.1, 0.15) is 24.2 Å². The van der Waals surface area contributed by atoms with Crippen LogP contribution in [0.25, 0.3) is 10.8 Å². The molecule has 5 aromatic rings. The van der Waals surface area contributed by atoms with Crippen LogP contribution in [0.3, 0.4) is 0 Å². The number of primary amides is 1. The van der Waals surface area contributed by atoms with Crippen LogP contribution >= 0.6 is 0 Å². The van der Waals surface area contributed by atoms with Crippen LogP contribution in [0, 0.1) is 0 Å². The fourth-order valence-electron chi connectivity index (χ4n) is 7.23. The van der Waals surface area contributed by atoms with Crippen LogP contribution in [0.4, 0.5) is 0 Å². The fraction of sp³-hybridized carbons (Fsp3) is 0.298. The number of fused-ring (bicyclic) bond motifs is 1. The molecule has 0 radical (unpaired) electrons. The normalized spacial score (nSPS) is 13.1. The molecule has 0 aliphatic heterocycles. The third kappa shape index (κ3) is 11.4. The summed E-state index contributed by atoms with van der Waals surface area (Å²) in [6.45, 7) is 0.321. The summed E-state index contributed by atoms with van der Waals surface area (Å²) in [6.07, 6.45) is 1.24. The molecule has 0 aliphatic carbocycles. The molecule has 58 heavy (non-hydrogen) atoms. The van der Waals surface area contributed by atoms with Gasteiger partial charge in [-0.3, -0.25) is 24.0 Å². The lowest BCUT2D eigenvalue weighted by molar-refractivity contribution is -0.152. The van der Waals surface area contributed by atoms with Crippen molar-refractivity contribution in [1.82, 2.24) is 20.0 Å². The molecule has 11 heteroatoms. The zero-order valence-electron chi connectivity index (χ0n) is 33.5. The summed E-state index contributed by atoms with van der Waals surface area (Å²) in [7, 11) is 4.64. The van der Waals surface area contributed by atoms with Gasteiger partial charge >= 0.3 is 0 Å². The quantitative estimate of drug-likeness (QED) is 0.113. The summed E-state index contributed by atoms with van der Waals surface area (Å²) in [5.74, 6) is -2.42. The summed E-state index contributed by atoms with van der Waals surface area (Å²) in [6, 6.07) is 37.6. The topological polar surface area (TPSA) is 159 Å². The van der Waals surface area contributed by atoms with Gasteiger partial charge in [-0.1, -0.05) is 133 Å². The van der Waals surface area contributed by atoms with Gasteiger partial charge in [0.05, 0.1) is 0 Å². The van der Waals surface area contributed by atoms with Gasteiger partial charge in [0, 0.05) is 53.2 Å². The molecule has 0 saturated heterocycles. The summed E-state index contributed by atoms with van der Waals surface area (Å²) < 4.78 is 0. The van der Waals surface area contributed by atoms with E-state index >= 15 is 4.79 Å². The molecule has 5 amide bonds. The van der Waals surface area contributed by atoms with Crippen molar-refractivity contribution < 1.29 is 24.0 Å². The third-order valence-electron chi connectivity index (χ3n) is 10.7. The maximum Gasteiger partial charge on any atom is 0.246 e. The summed E-state index contributed by atoms with van der Waals surface area (Å²) in [5.41, 5.74) is 14.9. The van der Waals surface area contributed by atoms with Gasteiger partial charge in [0.25, 0.3) is 0 Å². The molecule has 0 fully saturated rings. The van der Waals surface area contributed by atoms with E-state index < -0.39 is 47.8 Å². The molecular formula is C47H54N6O5. The highest BCUT2D eigenvalue weighted by molar-refractivity contribution is 5.96. The zero-order valence-corrected chi connectivity index (χ0v) is 33.5. The zero-order chi connectivity index (χ0) is 41.6. The lowest BCUT2D eigenvalue weighted by Crippen LogP contribution is -2.60. The van der Waals surface area contributed by atoms with Crippen molar-refractivity contribution in [2.45, 2.75) is 62.7 Å². The molecule has 5 N–H and O–H groups in total. The van der Waals surface area contributed by atoms with Crippen molar-refractivity contribution >= 4 is 40.3 Å². The fourth-order valence-corrected chi connectivity index (χ4v) is 7.23. The molecule has 5 rings (SSSR count). The van der Waals surface area contributed by atoms with E-state index in [9.17, 15) is 19.2 Å². The average Bonchev–Trinajstić information content (AvgIpc) is 3.25. The Kier molecular flexibility index (Phi) is 15.3. The van der Waals surface area contributed by atoms with Crippen molar-refractivity contribution in [2.24, 2.45) is 11.5 Å². The molecule has 5 aromatic carbocycles. The molecule has 4 atom stereocenters. The number of benzene rings is 5. The second-order valence-corrected chi connectivity index (χ2v) is 14.8. The predicted octanol–water partition coefficient (Wildman–Crippen LogP) is 4.30. The second kappa shape index (κ2) is 20.7. The first kappa shape index (κ1) is 42.8. The van der Waals surface area contributed by atoms with Crippen LogP contribution in [0.1, 0.15) is 35.1 Å². The van der Waals surface area contributed by atoms with Crippen LogP contribution in [0.15, 0.2) is 133 Å². The Hall–Kier alpha value is -6.33. The van der Waals surface area contributed by atoms with E-state index in [1.54, 1.807) is 14.1 Å². The first-order valence-corrected chi connectivity index (χ1v) is 19.6. The van der Waals surface area contributed by atoms with Crippen molar-refractivity contribution in [2.75, 3.05) is 27.7 Å². The van der Waals surface area contributed by atoms with Crippen molar-refractivity contribution in [3.8, 4) is 0 Å². The highest BCUT2D eigenvalue weighted by atomic mass is 16.2. The minimum atomic E-state index is -1.08. The standard InChI is InChI=1S/C47H54N6O5/c1-51(40(44(49)55)30-33-16-7-4-8-17-33)46(57)42(32-35-20-11-6-12-21-35)53(3)47(58)41(31-34-18-9-5-10-19-34)52(2)45(56)39(50-43(54)24-15-27-48)29-36-25-26-37-22-13-14-23-38(37)28-36/h4-14,16-23,25-26,28,39-42H,15,24,27,29-32,48H2,1-3H3,(H2,49,55)(H,50,54)/t39-,40-,41-,42-/m0/s1. The Morgan fingerprint density at radius 1 is 0.517 bits per heavy atom. The Balaban J connectivity index is 1.49. The molecule has 0 aromatic heterocycles. The van der Waals surface area contributed by atoms with Crippen LogP contribution in [-0.2, 0) is 49.7 Å². The first-order valence-electron chi connectivity index (χ1n) is 19.6. The van der Waals surface area contributed by atoms with E-state index in [4.69, 9.17) is 11.5 Å². The Morgan fingerprint density at radius 2 is 0.948 bits per heavy atom. The lowest BCUT2D eigenvalue weighted by Gasteiger charge is -2.38. The molecule has 0 bridgehead atoms. The third-order valence-corrected chi connectivity index (χ3v) is 10.7. The van der Waals surface area contributed by atoms with Crippen LogP contribution in [0.2, 0.25) is 0 Å². The van der Waals surface area contributed by atoms with Crippen LogP contribution < -0.4 is 16.8 Å². The number of nitrogens with one attached hydrogen (secondary N) is 1. The number of likely N-dealkylation sites (N-methyl/N-ethyl adjacent to an activating group) is 3. The largest absolute Gasteiger partial charge is 0.368 e. The van der Waals surface area contributed by atoms with Gasteiger partial charge in [0.2, 0.25) is 29.5 Å². The Bertz CT molecular complexity index is 2150. The molecule has 302 valence electrons. The average molecular weight is 783 g/mol. The van der Waals surface area contributed by atoms with Gasteiger partial charge < -0.3 is 31.5 Å². The number of amides is 5. The summed E-state index contributed by atoms with van der Waals surface area (Å²) >= 11 is 0. The number of nitrogens with two attached hydrogens (primary N) is 2. The molecule has 0 spiro atoms. The maximum absolute atomic E-state index is 15.0. The molecular weight excluding hydrogens is 729 g/mol. The minimum absolute atomic E-state index is 0.135. The highest BCUT2D eigenvalue weighted by Crippen LogP contribution is 2.21. The second-order valence-electron chi connectivity index (χ2n) is 14.8. The molecule has 11 nitrogen and oxygen atoms in total. The number of nitrogens with zero attached hydrogens (tertiary/aromatic N) is 3. The smallest absolute Gasteiger partial charge is 0.246 e. The van der Waals surface area contributed by atoms with Gasteiger partial charge in [-0.25, -0.2) is 0 Å². The Morgan fingerprint density at radius 3 is 1.43 bits per heavy atom. The van der Waals surface area contributed by atoms with Crippen molar-refractivity contribution in [1.29, 1.82) is 0 Å². The van der Waals surface area contributed by atoms with Crippen molar-refractivity contribution in [3.05, 3.63) is 156 Å². The van der Waals surface area contributed by atoms with Gasteiger partial charge in [-0.2, -0.15) is 0 Å². The molecule has 0 saturated carbocycles. The van der Waals surface area contributed by atoms with Gasteiger partial charge in [-0.15, -0.1) is 0 Å². The number of rotatable bonds is 19. The SMILES string of the molecule is CN(C(=O)[C@H](Cc1ccc2ccccc2c1)NC(=O)CCCN)[C@@H](Cc1ccccc1)C(=O)N(C)[C@@H](Cc1ccccc1)C(=O)N(C)[C@@H](Cc1ccccc1)C(N)=O. The Labute approximate surface area is 341 Å². The highest BCUT2D eigenvalue weighted by Gasteiger charge is 2.39. The predicted molar refractivity (Wildman–Crippen MR) is 227 cm³/mol. The summed E-state index contributed by atoms with van der Waals surface area (Å²) in [4.78, 5) is 74.5. The van der Waals surface area contributed by atoms with Crippen LogP contribution in [0.5, 0.6) is 0 Å². The maximum atomic E-state index is 15.0. The molecule has 0 aliphatic rings. The lowest BCUT2D eigenvalue weighted by atomic mass is 9.97. The van der Waals surface area contributed by atoms with E-state index in [0.717, 1.165) is 33.0 Å². The van der Waals surface area contributed by atoms with Gasteiger partial charge in [0.15, 0.2) is 0 Å². The number of hydrogen-bond acceptors (Lipinski definition) is 6. The van der Waals surface area contributed by atoms with E-state index in [1.807, 2.05) is 133 Å². The number of carbonyl (C=O) groups excluding carboxylic acids is 5.